The summed E-state index contributed by atoms with van der Waals surface area (Å²) >= 11 is 5.94. The number of fused-ring (bicyclic) bond motifs is 3. The first-order valence-electron chi connectivity index (χ1n) is 9.97. The van der Waals surface area contributed by atoms with Gasteiger partial charge in [-0.3, -0.25) is 0 Å². The number of aliphatic hydroxyl groups excluding tert-OH is 1. The highest BCUT2D eigenvalue weighted by molar-refractivity contribution is 6.30. The minimum atomic E-state index is -0.837. The number of hydrogen-bond acceptors (Lipinski definition) is 3. The Labute approximate surface area is 181 Å². The Morgan fingerprint density at radius 3 is 2.13 bits per heavy atom. The van der Waals surface area contributed by atoms with E-state index in [1.165, 1.54) is 11.1 Å². The second-order valence-corrected chi connectivity index (χ2v) is 8.41. The number of nitrogens with one attached hydrogen (secondary N) is 1. The largest absolute Gasteiger partial charge is 0.449 e. The molecule has 154 valence electrons. The lowest BCUT2D eigenvalue weighted by molar-refractivity contribution is 0.114. The predicted molar refractivity (Wildman–Crippen MR) is 119 cm³/mol. The van der Waals surface area contributed by atoms with Crippen LogP contribution < -0.4 is 5.32 Å². The van der Waals surface area contributed by atoms with Crippen LogP contribution in [0.2, 0.25) is 5.02 Å². The quantitative estimate of drug-likeness (QED) is 0.577. The molecule has 1 aliphatic carbocycles. The van der Waals surface area contributed by atoms with Crippen LogP contribution in [0.5, 0.6) is 0 Å². The molecule has 3 aromatic carbocycles. The highest BCUT2D eigenvalue weighted by Crippen LogP contribution is 2.44. The van der Waals surface area contributed by atoms with E-state index >= 15 is 0 Å². The van der Waals surface area contributed by atoms with Gasteiger partial charge < -0.3 is 15.2 Å². The van der Waals surface area contributed by atoms with Gasteiger partial charge in [-0.25, -0.2) is 4.79 Å². The molecule has 5 heteroatoms. The van der Waals surface area contributed by atoms with Crippen LogP contribution in [0.3, 0.4) is 0 Å². The molecule has 0 radical (unpaired) electrons. The maximum absolute atomic E-state index is 12.6. The van der Waals surface area contributed by atoms with Crippen LogP contribution in [0.15, 0.2) is 72.8 Å². The van der Waals surface area contributed by atoms with E-state index in [-0.39, 0.29) is 19.1 Å². The minimum Gasteiger partial charge on any atom is -0.449 e. The molecule has 4 rings (SSSR count). The molecule has 3 aromatic rings. The van der Waals surface area contributed by atoms with E-state index in [0.717, 1.165) is 16.7 Å². The normalized spacial score (nSPS) is 14.5. The summed E-state index contributed by atoms with van der Waals surface area (Å²) < 4.78 is 5.61. The van der Waals surface area contributed by atoms with Gasteiger partial charge >= 0.3 is 6.09 Å². The molecule has 4 nitrogen and oxygen atoms in total. The molecule has 0 bridgehead atoms. The highest BCUT2D eigenvalue weighted by atomic mass is 35.5. The fraction of sp³-hybridized carbons (Fsp3) is 0.240. The van der Waals surface area contributed by atoms with Gasteiger partial charge in [0.2, 0.25) is 0 Å². The number of carbonyl (C=O) groups is 1. The van der Waals surface area contributed by atoms with Crippen LogP contribution in [0.25, 0.3) is 11.1 Å². The average Bonchev–Trinajstić information content (AvgIpc) is 3.08. The molecule has 1 aliphatic rings. The molecule has 30 heavy (non-hydrogen) atoms. The first-order valence-corrected chi connectivity index (χ1v) is 10.4. The number of halogens is 1. The maximum Gasteiger partial charge on any atom is 0.407 e. The fourth-order valence-electron chi connectivity index (χ4n) is 4.07. The summed E-state index contributed by atoms with van der Waals surface area (Å²) in [4.78, 5) is 12.6. The molecule has 1 atom stereocenters. The molecule has 1 amide bonds. The van der Waals surface area contributed by atoms with E-state index in [1.54, 1.807) is 19.1 Å². The molecule has 0 heterocycles. The van der Waals surface area contributed by atoms with Crippen LogP contribution in [0.4, 0.5) is 4.79 Å². The van der Waals surface area contributed by atoms with Gasteiger partial charge in [-0.1, -0.05) is 72.3 Å². The third-order valence-corrected chi connectivity index (χ3v) is 5.86. The summed E-state index contributed by atoms with van der Waals surface area (Å²) in [6.45, 7) is 1.82. The van der Waals surface area contributed by atoms with Crippen molar-refractivity contribution >= 4 is 17.7 Å². The lowest BCUT2D eigenvalue weighted by atomic mass is 9.94. The van der Waals surface area contributed by atoms with Gasteiger partial charge in [-0.2, -0.15) is 0 Å². The van der Waals surface area contributed by atoms with E-state index in [2.05, 4.69) is 29.6 Å². The van der Waals surface area contributed by atoms with Crippen LogP contribution in [0, 0.1) is 0 Å². The minimum absolute atomic E-state index is 0.000187. The van der Waals surface area contributed by atoms with Crippen molar-refractivity contribution in [3.63, 3.8) is 0 Å². The number of rotatable bonds is 6. The van der Waals surface area contributed by atoms with Gasteiger partial charge in [0.25, 0.3) is 0 Å². The number of benzene rings is 3. The molecule has 0 aliphatic heterocycles. The highest BCUT2D eigenvalue weighted by Gasteiger charge is 2.31. The van der Waals surface area contributed by atoms with Crippen molar-refractivity contribution in [2.75, 3.05) is 13.2 Å². The SMILES string of the molecule is CC(CO)(Cc1ccc(Cl)cc1)NC(=O)OCC1c2ccccc2-c2ccccc21. The monoisotopic (exact) mass is 421 g/mol. The van der Waals surface area contributed by atoms with Crippen molar-refractivity contribution in [3.8, 4) is 11.1 Å². The van der Waals surface area contributed by atoms with Crippen LogP contribution in [-0.2, 0) is 11.2 Å². The molecular weight excluding hydrogens is 398 g/mol. The zero-order valence-corrected chi connectivity index (χ0v) is 17.5. The molecule has 0 aromatic heterocycles. The van der Waals surface area contributed by atoms with Crippen LogP contribution in [-0.4, -0.2) is 30.0 Å². The standard InChI is InChI=1S/C25H24ClNO3/c1-25(16-28,14-17-10-12-18(26)13-11-17)27-24(29)30-15-23-21-8-4-2-6-19(21)20-7-3-5-9-22(20)23/h2-13,23,28H,14-16H2,1H3,(H,27,29). The smallest absolute Gasteiger partial charge is 0.407 e. The lowest BCUT2D eigenvalue weighted by Crippen LogP contribution is -2.51. The third-order valence-electron chi connectivity index (χ3n) is 5.60. The number of amides is 1. The summed E-state index contributed by atoms with van der Waals surface area (Å²) in [6.07, 6.45) is -0.0763. The van der Waals surface area contributed by atoms with Crippen LogP contribution >= 0.6 is 11.6 Å². The molecular formula is C25H24ClNO3. The van der Waals surface area contributed by atoms with Gasteiger partial charge in [0.05, 0.1) is 12.1 Å². The number of alkyl carbamates (subject to hydrolysis) is 1. The zero-order valence-electron chi connectivity index (χ0n) is 16.8. The van der Waals surface area contributed by atoms with E-state index in [4.69, 9.17) is 16.3 Å². The van der Waals surface area contributed by atoms with E-state index < -0.39 is 11.6 Å². The van der Waals surface area contributed by atoms with E-state index in [9.17, 15) is 9.90 Å². The number of carbonyl (C=O) groups excluding carboxylic acids is 1. The van der Waals surface area contributed by atoms with Gasteiger partial charge in [-0.15, -0.1) is 0 Å². The summed E-state index contributed by atoms with van der Waals surface area (Å²) in [7, 11) is 0. The zero-order chi connectivity index (χ0) is 21.1. The van der Waals surface area contributed by atoms with Gasteiger partial charge in [0, 0.05) is 10.9 Å². The van der Waals surface area contributed by atoms with Crippen LogP contribution in [0.1, 0.15) is 29.5 Å². The summed E-state index contributed by atoms with van der Waals surface area (Å²) in [5.74, 6) is -0.000187. The molecule has 0 spiro atoms. The summed E-state index contributed by atoms with van der Waals surface area (Å²) in [5.41, 5.74) is 4.83. The van der Waals surface area contributed by atoms with Crippen molar-refractivity contribution in [1.82, 2.24) is 5.32 Å². The first kappa shape index (κ1) is 20.5. The van der Waals surface area contributed by atoms with Crippen molar-refractivity contribution in [2.45, 2.75) is 24.8 Å². The third kappa shape index (κ3) is 4.20. The second-order valence-electron chi connectivity index (χ2n) is 7.97. The first-order chi connectivity index (χ1) is 14.5. The predicted octanol–water partition coefficient (Wildman–Crippen LogP) is 5.17. The van der Waals surface area contributed by atoms with Gasteiger partial charge in [0.15, 0.2) is 0 Å². The molecule has 0 saturated carbocycles. The number of aliphatic hydroxyl groups is 1. The summed E-state index contributed by atoms with van der Waals surface area (Å²) in [6, 6.07) is 23.8. The Bertz CT molecular complexity index is 1000. The van der Waals surface area contributed by atoms with Crippen molar-refractivity contribution in [2.24, 2.45) is 0 Å². The van der Waals surface area contributed by atoms with Crippen molar-refractivity contribution in [3.05, 3.63) is 94.5 Å². The van der Waals surface area contributed by atoms with E-state index in [1.807, 2.05) is 36.4 Å². The van der Waals surface area contributed by atoms with Crippen molar-refractivity contribution in [1.29, 1.82) is 0 Å². The van der Waals surface area contributed by atoms with Gasteiger partial charge in [0.1, 0.15) is 6.61 Å². The number of hydrogen-bond donors (Lipinski definition) is 2. The van der Waals surface area contributed by atoms with Crippen molar-refractivity contribution < 1.29 is 14.6 Å². The Morgan fingerprint density at radius 1 is 1.00 bits per heavy atom. The van der Waals surface area contributed by atoms with E-state index in [0.29, 0.717) is 11.4 Å². The fourth-order valence-corrected chi connectivity index (χ4v) is 4.20. The maximum atomic E-state index is 12.6. The molecule has 0 saturated heterocycles. The topological polar surface area (TPSA) is 58.6 Å². The Balaban J connectivity index is 1.43. The number of ether oxygens (including phenoxy) is 1. The summed E-state index contributed by atoms with van der Waals surface area (Å²) in [5, 5.41) is 13.4. The molecule has 2 N–H and O–H groups in total. The Morgan fingerprint density at radius 2 is 1.57 bits per heavy atom. The molecule has 1 unspecified atom stereocenters. The second kappa shape index (κ2) is 8.50. The van der Waals surface area contributed by atoms with Gasteiger partial charge in [-0.05, 0) is 53.3 Å². The Hall–Kier alpha value is -2.82. The average molecular weight is 422 g/mol. The Kier molecular flexibility index (Phi) is 5.80. The molecule has 0 fully saturated rings. The lowest BCUT2D eigenvalue weighted by Gasteiger charge is -2.29.